The summed E-state index contributed by atoms with van der Waals surface area (Å²) >= 11 is 0. The van der Waals surface area contributed by atoms with Crippen LogP contribution in [0.2, 0.25) is 0 Å². The van der Waals surface area contributed by atoms with E-state index in [0.717, 1.165) is 12.8 Å². The number of carboxylic acids is 1. The van der Waals surface area contributed by atoms with Crippen LogP contribution in [0.3, 0.4) is 0 Å². The maximum atomic E-state index is 10.8. The maximum absolute atomic E-state index is 10.8. The largest absolute Gasteiger partial charge is 0.480 e. The fourth-order valence-electron chi connectivity index (χ4n) is 0.816. The zero-order valence-electron chi connectivity index (χ0n) is 8.21. The van der Waals surface area contributed by atoms with Crippen molar-refractivity contribution in [3.05, 3.63) is 12.2 Å². The van der Waals surface area contributed by atoms with Crippen LogP contribution in [0.5, 0.6) is 0 Å². The lowest BCUT2D eigenvalue weighted by Gasteiger charge is -2.19. The minimum absolute atomic E-state index is 0.633. The molecule has 0 aromatic rings. The third kappa shape index (κ3) is 4.05. The minimum atomic E-state index is -0.964. The molecule has 0 bridgehead atoms. The molecule has 0 spiro atoms. The molecule has 0 rings (SSSR count). The Kier molecular flexibility index (Phi) is 5.34. The molecule has 0 fully saturated rings. The van der Waals surface area contributed by atoms with E-state index in [4.69, 9.17) is 10.8 Å². The van der Waals surface area contributed by atoms with Gasteiger partial charge in [0.25, 0.3) is 0 Å². The van der Waals surface area contributed by atoms with E-state index in [-0.39, 0.29) is 0 Å². The summed E-state index contributed by atoms with van der Waals surface area (Å²) in [5.41, 5.74) is 4.34. The Balaban J connectivity index is 4.11. The Morgan fingerprint density at radius 3 is 2.69 bits per heavy atom. The molecule has 4 nitrogen and oxygen atoms in total. The molecular formula is C9H18N2O2. The van der Waals surface area contributed by atoms with E-state index in [2.05, 4.69) is 5.32 Å². The van der Waals surface area contributed by atoms with Gasteiger partial charge in [-0.3, -0.25) is 0 Å². The van der Waals surface area contributed by atoms with Gasteiger partial charge in [-0.1, -0.05) is 12.2 Å². The zero-order chi connectivity index (χ0) is 10.3. The van der Waals surface area contributed by atoms with Gasteiger partial charge < -0.3 is 16.2 Å². The summed E-state index contributed by atoms with van der Waals surface area (Å²) in [5, 5.41) is 11.6. The van der Waals surface area contributed by atoms with E-state index >= 15 is 0 Å². The summed E-state index contributed by atoms with van der Waals surface area (Å²) in [7, 11) is 1.63. The van der Waals surface area contributed by atoms with Gasteiger partial charge in [0, 0.05) is 0 Å². The zero-order valence-corrected chi connectivity index (χ0v) is 8.21. The molecule has 0 saturated carbocycles. The van der Waals surface area contributed by atoms with E-state index in [0.29, 0.717) is 6.54 Å². The lowest BCUT2D eigenvalue weighted by molar-refractivity contribution is -0.141. The number of nitrogens with one attached hydrogen (secondary N) is 1. The second-order valence-corrected chi connectivity index (χ2v) is 3.09. The Morgan fingerprint density at radius 1 is 1.69 bits per heavy atom. The van der Waals surface area contributed by atoms with E-state index in [1.54, 1.807) is 20.0 Å². The van der Waals surface area contributed by atoms with Crippen LogP contribution in [-0.4, -0.2) is 30.2 Å². The summed E-state index contributed by atoms with van der Waals surface area (Å²) in [4.78, 5) is 10.8. The van der Waals surface area contributed by atoms with Gasteiger partial charge in [0.15, 0.2) is 0 Å². The molecular weight excluding hydrogens is 168 g/mol. The van der Waals surface area contributed by atoms with Gasteiger partial charge in [0.1, 0.15) is 5.54 Å². The molecule has 0 aromatic heterocycles. The van der Waals surface area contributed by atoms with Crippen molar-refractivity contribution in [2.45, 2.75) is 25.3 Å². The lowest BCUT2D eigenvalue weighted by atomic mass is 10.0. The SMILES string of the molecule is CNC(C)(/C=C/CCCN)C(=O)O. The third-order valence-electron chi connectivity index (χ3n) is 1.99. The van der Waals surface area contributed by atoms with Gasteiger partial charge in [0.05, 0.1) is 0 Å². The fraction of sp³-hybridized carbons (Fsp3) is 0.667. The fourth-order valence-corrected chi connectivity index (χ4v) is 0.816. The number of hydrogen-bond donors (Lipinski definition) is 3. The first-order chi connectivity index (χ1) is 6.06. The molecule has 0 amide bonds. The van der Waals surface area contributed by atoms with Crippen molar-refractivity contribution in [3.63, 3.8) is 0 Å². The average Bonchev–Trinajstić information content (AvgIpc) is 2.12. The van der Waals surface area contributed by atoms with Crippen molar-refractivity contribution in [1.29, 1.82) is 0 Å². The lowest BCUT2D eigenvalue weighted by Crippen LogP contribution is -2.45. The molecule has 1 unspecified atom stereocenters. The van der Waals surface area contributed by atoms with Crippen molar-refractivity contribution in [1.82, 2.24) is 5.32 Å². The highest BCUT2D eigenvalue weighted by molar-refractivity contribution is 5.80. The number of nitrogens with two attached hydrogens (primary N) is 1. The molecule has 4 N–H and O–H groups in total. The van der Waals surface area contributed by atoms with Crippen molar-refractivity contribution < 1.29 is 9.90 Å². The van der Waals surface area contributed by atoms with Crippen LogP contribution >= 0.6 is 0 Å². The first kappa shape index (κ1) is 12.1. The number of unbranched alkanes of at least 4 members (excludes halogenated alkanes) is 1. The highest BCUT2D eigenvalue weighted by Gasteiger charge is 2.26. The number of aliphatic carboxylic acids is 1. The standard InChI is InChI=1S/C9H18N2O2/c1-9(11-2,8(12)13)6-4-3-5-7-10/h4,6,11H,3,5,7,10H2,1-2H3,(H,12,13)/b6-4+. The van der Waals surface area contributed by atoms with Gasteiger partial charge in [-0.05, 0) is 33.4 Å². The third-order valence-corrected chi connectivity index (χ3v) is 1.99. The van der Waals surface area contributed by atoms with Crippen LogP contribution in [0.1, 0.15) is 19.8 Å². The number of hydrogen-bond acceptors (Lipinski definition) is 3. The Bertz CT molecular complexity index is 192. The molecule has 0 saturated heterocycles. The molecule has 0 aliphatic rings. The predicted octanol–water partition coefficient (Wildman–Crippen LogP) is 0.344. The van der Waals surface area contributed by atoms with Crippen molar-refractivity contribution >= 4 is 5.97 Å². The van der Waals surface area contributed by atoms with Crippen LogP contribution in [-0.2, 0) is 4.79 Å². The summed E-state index contributed by atoms with van der Waals surface area (Å²) in [6.45, 7) is 2.25. The molecule has 76 valence electrons. The Morgan fingerprint density at radius 2 is 2.31 bits per heavy atom. The van der Waals surface area contributed by atoms with Crippen LogP contribution in [0.25, 0.3) is 0 Å². The van der Waals surface area contributed by atoms with Crippen molar-refractivity contribution in [2.75, 3.05) is 13.6 Å². The van der Waals surface area contributed by atoms with Crippen LogP contribution in [0.4, 0.5) is 0 Å². The summed E-state index contributed by atoms with van der Waals surface area (Å²) in [6.07, 6.45) is 5.21. The Hall–Kier alpha value is -0.870. The first-order valence-corrected chi connectivity index (χ1v) is 4.37. The number of likely N-dealkylation sites (N-methyl/N-ethyl adjacent to an activating group) is 1. The molecule has 4 heteroatoms. The van der Waals surface area contributed by atoms with Gasteiger partial charge in [-0.25, -0.2) is 4.79 Å². The second-order valence-electron chi connectivity index (χ2n) is 3.09. The van der Waals surface area contributed by atoms with Crippen molar-refractivity contribution in [2.24, 2.45) is 5.73 Å². The Labute approximate surface area is 78.8 Å². The topological polar surface area (TPSA) is 75.3 Å². The van der Waals surface area contributed by atoms with Crippen LogP contribution < -0.4 is 11.1 Å². The van der Waals surface area contributed by atoms with E-state index in [9.17, 15) is 4.79 Å². The van der Waals surface area contributed by atoms with Gasteiger partial charge in [-0.15, -0.1) is 0 Å². The number of allylic oxidation sites excluding steroid dienone is 1. The molecule has 0 heterocycles. The predicted molar refractivity (Wildman–Crippen MR) is 52.5 cm³/mol. The van der Waals surface area contributed by atoms with Gasteiger partial charge in [-0.2, -0.15) is 0 Å². The molecule has 13 heavy (non-hydrogen) atoms. The summed E-state index contributed by atoms with van der Waals surface area (Å²) in [6, 6.07) is 0. The highest BCUT2D eigenvalue weighted by Crippen LogP contribution is 2.06. The number of carboxylic acid groups (broad SMARTS) is 1. The molecule has 1 atom stereocenters. The van der Waals surface area contributed by atoms with Gasteiger partial charge in [0.2, 0.25) is 0 Å². The summed E-state index contributed by atoms with van der Waals surface area (Å²) in [5.74, 6) is -0.876. The van der Waals surface area contributed by atoms with Crippen molar-refractivity contribution in [3.8, 4) is 0 Å². The van der Waals surface area contributed by atoms with E-state index < -0.39 is 11.5 Å². The quantitative estimate of drug-likeness (QED) is 0.413. The number of carbonyl (C=O) groups is 1. The number of rotatable bonds is 6. The minimum Gasteiger partial charge on any atom is -0.480 e. The highest BCUT2D eigenvalue weighted by atomic mass is 16.4. The molecule has 0 aromatic carbocycles. The van der Waals surface area contributed by atoms with E-state index in [1.165, 1.54) is 0 Å². The summed E-state index contributed by atoms with van der Waals surface area (Å²) < 4.78 is 0. The smallest absolute Gasteiger partial charge is 0.327 e. The van der Waals surface area contributed by atoms with Crippen LogP contribution in [0, 0.1) is 0 Å². The monoisotopic (exact) mass is 186 g/mol. The van der Waals surface area contributed by atoms with Crippen LogP contribution in [0.15, 0.2) is 12.2 Å². The molecule has 0 aliphatic carbocycles. The van der Waals surface area contributed by atoms with E-state index in [1.807, 2.05) is 6.08 Å². The second kappa shape index (κ2) is 5.72. The van der Waals surface area contributed by atoms with Gasteiger partial charge >= 0.3 is 5.97 Å². The first-order valence-electron chi connectivity index (χ1n) is 4.37. The average molecular weight is 186 g/mol. The maximum Gasteiger partial charge on any atom is 0.327 e. The molecule has 0 radical (unpaired) electrons. The normalized spacial score (nSPS) is 15.9. The molecule has 0 aliphatic heterocycles.